The van der Waals surface area contributed by atoms with Gasteiger partial charge < -0.3 is 4.57 Å². The van der Waals surface area contributed by atoms with Gasteiger partial charge in [-0.2, -0.15) is 0 Å². The molecule has 4 aromatic rings. The molecule has 3 heterocycles. The summed E-state index contributed by atoms with van der Waals surface area (Å²) in [6, 6.07) is 15.1. The van der Waals surface area contributed by atoms with Crippen molar-refractivity contribution < 1.29 is 13.6 Å². The summed E-state index contributed by atoms with van der Waals surface area (Å²) in [6.07, 6.45) is 2.16. The molecule has 7 heteroatoms. The molecule has 0 unspecified atom stereocenters. The number of carbonyl (C=O) groups is 1. The zero-order valence-electron chi connectivity index (χ0n) is 17.4. The predicted molar refractivity (Wildman–Crippen MR) is 127 cm³/mol. The van der Waals surface area contributed by atoms with E-state index in [-0.39, 0.29) is 29.8 Å². The number of Topliss-reactive ketones (excluding diaryl/α,β-unsaturated/α-hetero) is 1. The third-order valence-electron chi connectivity index (χ3n) is 5.95. The Hall–Kier alpha value is -2.54. The van der Waals surface area contributed by atoms with Crippen molar-refractivity contribution in [3.8, 4) is 5.69 Å². The zero-order chi connectivity index (χ0) is 21.4. The molecule has 32 heavy (non-hydrogen) atoms. The Morgan fingerprint density at radius 1 is 1.03 bits per heavy atom. The van der Waals surface area contributed by atoms with Gasteiger partial charge in [0.25, 0.3) is 0 Å². The topological polar surface area (TPSA) is 25.2 Å². The van der Waals surface area contributed by atoms with Crippen LogP contribution >= 0.6 is 23.7 Å². The summed E-state index contributed by atoms with van der Waals surface area (Å²) in [6.45, 7) is 2.42. The molecule has 0 amide bonds. The molecule has 0 spiro atoms. The molecule has 0 atom stereocenters. The van der Waals surface area contributed by atoms with E-state index in [9.17, 15) is 13.6 Å². The second kappa shape index (κ2) is 9.53. The smallest absolute Gasteiger partial charge is 0.172 e. The fourth-order valence-corrected chi connectivity index (χ4v) is 5.18. The van der Waals surface area contributed by atoms with Crippen LogP contribution in [0.2, 0.25) is 0 Å². The van der Waals surface area contributed by atoms with Gasteiger partial charge in [-0.15, -0.1) is 23.7 Å². The largest absolute Gasteiger partial charge is 0.313 e. The van der Waals surface area contributed by atoms with Crippen LogP contribution in [0.4, 0.5) is 8.78 Å². The Bertz CT molecular complexity index is 1240. The molecule has 0 N–H and O–H groups in total. The van der Waals surface area contributed by atoms with E-state index in [0.717, 1.165) is 65.2 Å². The molecule has 2 aromatic carbocycles. The Balaban J connectivity index is 0.00000245. The quantitative estimate of drug-likeness (QED) is 0.303. The fraction of sp³-hybridized carbons (Fsp3) is 0.240. The van der Waals surface area contributed by atoms with Gasteiger partial charge in [0.2, 0.25) is 0 Å². The molecular formula is C25H23ClF2N2OS. The minimum absolute atomic E-state index is 0. The lowest BCUT2D eigenvalue weighted by atomic mass is 10.0. The summed E-state index contributed by atoms with van der Waals surface area (Å²) in [5.74, 6) is -0.337. The van der Waals surface area contributed by atoms with Gasteiger partial charge in [0, 0.05) is 42.7 Å². The molecular weight excluding hydrogens is 450 g/mol. The second-order valence-electron chi connectivity index (χ2n) is 7.93. The molecule has 0 aliphatic carbocycles. The second-order valence-corrected chi connectivity index (χ2v) is 8.88. The highest BCUT2D eigenvalue weighted by molar-refractivity contribution is 7.12. The number of hydrogen-bond acceptors (Lipinski definition) is 3. The standard InChI is InChI=1S/C25H22F2N2OS.ClH/c26-17-5-8-19(9-6-17)29-22-10-7-18(27)15-20(22)21-16-28(13-11-23(21)29)12-1-3-24(30)25-4-2-14-31-25;/h2,4-10,14-15H,1,3,11-13,16H2;1H. The zero-order valence-corrected chi connectivity index (χ0v) is 19.0. The number of rotatable bonds is 6. The number of hydrogen-bond donors (Lipinski definition) is 0. The van der Waals surface area contributed by atoms with Crippen LogP contribution in [0.5, 0.6) is 0 Å². The number of halogens is 3. The van der Waals surface area contributed by atoms with Crippen LogP contribution in [0.25, 0.3) is 16.6 Å². The van der Waals surface area contributed by atoms with Crippen molar-refractivity contribution >= 4 is 40.4 Å². The molecule has 0 radical (unpaired) electrons. The summed E-state index contributed by atoms with van der Waals surface area (Å²) in [5, 5.41) is 2.83. The minimum Gasteiger partial charge on any atom is -0.313 e. The van der Waals surface area contributed by atoms with E-state index in [4.69, 9.17) is 0 Å². The van der Waals surface area contributed by atoms with Gasteiger partial charge in [-0.3, -0.25) is 9.69 Å². The monoisotopic (exact) mass is 472 g/mol. The number of carbonyl (C=O) groups excluding carboxylic acids is 1. The maximum absolute atomic E-state index is 14.1. The first kappa shape index (κ1) is 22.6. The average Bonchev–Trinajstić information content (AvgIpc) is 3.41. The van der Waals surface area contributed by atoms with Crippen molar-refractivity contribution in [2.24, 2.45) is 0 Å². The van der Waals surface area contributed by atoms with E-state index in [1.54, 1.807) is 24.3 Å². The molecule has 166 valence electrons. The van der Waals surface area contributed by atoms with Crippen molar-refractivity contribution in [3.63, 3.8) is 0 Å². The van der Waals surface area contributed by atoms with Crippen LogP contribution in [0.1, 0.15) is 33.8 Å². The van der Waals surface area contributed by atoms with Crippen LogP contribution in [-0.2, 0) is 13.0 Å². The first-order valence-corrected chi connectivity index (χ1v) is 11.3. The van der Waals surface area contributed by atoms with Gasteiger partial charge in [-0.25, -0.2) is 8.78 Å². The number of fused-ring (bicyclic) bond motifs is 3. The van der Waals surface area contributed by atoms with E-state index in [2.05, 4.69) is 9.47 Å². The molecule has 0 bridgehead atoms. The molecule has 0 saturated heterocycles. The molecule has 1 aliphatic rings. The predicted octanol–water partition coefficient (Wildman–Crippen LogP) is 6.41. The van der Waals surface area contributed by atoms with Crippen LogP contribution < -0.4 is 0 Å². The normalized spacial score (nSPS) is 13.7. The number of nitrogens with zero attached hydrogens (tertiary/aromatic N) is 2. The minimum atomic E-state index is -0.275. The SMILES string of the molecule is Cl.O=C(CCCN1CCc2c(c3cc(F)ccc3n2-c2ccc(F)cc2)C1)c1cccs1. The summed E-state index contributed by atoms with van der Waals surface area (Å²) in [5.41, 5.74) is 4.09. The van der Waals surface area contributed by atoms with Gasteiger partial charge in [0.05, 0.1) is 10.4 Å². The Morgan fingerprint density at radius 3 is 2.56 bits per heavy atom. The van der Waals surface area contributed by atoms with Crippen molar-refractivity contribution in [2.45, 2.75) is 25.8 Å². The lowest BCUT2D eigenvalue weighted by Crippen LogP contribution is -2.32. The molecule has 2 aromatic heterocycles. The van der Waals surface area contributed by atoms with Gasteiger partial charge in [-0.1, -0.05) is 6.07 Å². The van der Waals surface area contributed by atoms with Crippen molar-refractivity contribution in [2.75, 3.05) is 13.1 Å². The Labute approximate surface area is 195 Å². The summed E-state index contributed by atoms with van der Waals surface area (Å²) in [4.78, 5) is 15.4. The van der Waals surface area contributed by atoms with E-state index < -0.39 is 0 Å². The highest BCUT2D eigenvalue weighted by Gasteiger charge is 2.25. The van der Waals surface area contributed by atoms with Gasteiger partial charge in [0.1, 0.15) is 11.6 Å². The van der Waals surface area contributed by atoms with Crippen molar-refractivity contribution in [1.29, 1.82) is 0 Å². The van der Waals surface area contributed by atoms with Gasteiger partial charge in [0.15, 0.2) is 5.78 Å². The Kier molecular flexibility index (Phi) is 6.74. The van der Waals surface area contributed by atoms with Crippen LogP contribution in [0.3, 0.4) is 0 Å². The van der Waals surface area contributed by atoms with Crippen LogP contribution in [0, 0.1) is 11.6 Å². The van der Waals surface area contributed by atoms with Gasteiger partial charge >= 0.3 is 0 Å². The first-order valence-electron chi connectivity index (χ1n) is 10.5. The number of thiophene rings is 1. The van der Waals surface area contributed by atoms with Crippen LogP contribution in [-0.4, -0.2) is 28.3 Å². The maximum Gasteiger partial charge on any atom is 0.172 e. The van der Waals surface area contributed by atoms with E-state index >= 15 is 0 Å². The van der Waals surface area contributed by atoms with Crippen LogP contribution in [0.15, 0.2) is 60.0 Å². The molecule has 5 rings (SSSR count). The van der Waals surface area contributed by atoms with Gasteiger partial charge in [-0.05, 0) is 72.4 Å². The fourth-order valence-electron chi connectivity index (χ4n) is 4.49. The number of ketones is 1. The van der Waals surface area contributed by atoms with E-state index in [0.29, 0.717) is 6.42 Å². The number of benzene rings is 2. The molecule has 0 fully saturated rings. The molecule has 1 aliphatic heterocycles. The Morgan fingerprint density at radius 2 is 1.81 bits per heavy atom. The third kappa shape index (κ3) is 4.35. The lowest BCUT2D eigenvalue weighted by molar-refractivity contribution is 0.0977. The third-order valence-corrected chi connectivity index (χ3v) is 6.86. The lowest BCUT2D eigenvalue weighted by Gasteiger charge is -2.28. The summed E-state index contributed by atoms with van der Waals surface area (Å²) in [7, 11) is 0. The average molecular weight is 473 g/mol. The first-order chi connectivity index (χ1) is 15.1. The molecule has 0 saturated carbocycles. The highest BCUT2D eigenvalue weighted by atomic mass is 35.5. The van der Waals surface area contributed by atoms with Crippen molar-refractivity contribution in [3.05, 3.63) is 87.7 Å². The number of aromatic nitrogens is 1. The highest BCUT2D eigenvalue weighted by Crippen LogP contribution is 2.34. The maximum atomic E-state index is 14.1. The summed E-state index contributed by atoms with van der Waals surface area (Å²) >= 11 is 1.49. The molecule has 3 nitrogen and oxygen atoms in total. The van der Waals surface area contributed by atoms with E-state index in [1.165, 1.54) is 29.5 Å². The van der Waals surface area contributed by atoms with E-state index in [1.807, 2.05) is 17.5 Å². The van der Waals surface area contributed by atoms with Crippen molar-refractivity contribution in [1.82, 2.24) is 9.47 Å². The summed E-state index contributed by atoms with van der Waals surface area (Å²) < 4.78 is 29.7.